The van der Waals surface area contributed by atoms with E-state index >= 15 is 0 Å². The molecule has 1 heterocycles. The first-order chi connectivity index (χ1) is 11.7. The van der Waals surface area contributed by atoms with Gasteiger partial charge in [0.25, 0.3) is 0 Å². The van der Waals surface area contributed by atoms with E-state index in [0.717, 1.165) is 0 Å². The molecule has 0 aromatic carbocycles. The van der Waals surface area contributed by atoms with E-state index in [1.165, 1.54) is 0 Å². The van der Waals surface area contributed by atoms with Crippen LogP contribution >= 0.6 is 0 Å². The van der Waals surface area contributed by atoms with E-state index in [1.54, 1.807) is 6.92 Å². The van der Waals surface area contributed by atoms with Crippen molar-refractivity contribution in [2.75, 3.05) is 6.61 Å². The van der Waals surface area contributed by atoms with Crippen molar-refractivity contribution < 1.29 is 18.4 Å². The van der Waals surface area contributed by atoms with Crippen LogP contribution in [-0.2, 0) is 18.4 Å². The van der Waals surface area contributed by atoms with Crippen LogP contribution in [0.3, 0.4) is 0 Å². The number of ether oxygens (including phenoxy) is 1. The van der Waals surface area contributed by atoms with Gasteiger partial charge in [-0.15, -0.1) is 0 Å². The highest BCUT2D eigenvalue weighted by Gasteiger charge is 2.65. The molecule has 1 aliphatic rings. The molecule has 27 heavy (non-hydrogen) atoms. The summed E-state index contributed by atoms with van der Waals surface area (Å²) in [6.07, 6.45) is 0.131. The number of ketones is 1. The van der Waals surface area contributed by atoms with E-state index in [9.17, 15) is 4.79 Å². The van der Waals surface area contributed by atoms with Crippen molar-refractivity contribution in [3.8, 4) is 0 Å². The van der Waals surface area contributed by atoms with Crippen LogP contribution in [0.2, 0.25) is 36.3 Å². The van der Waals surface area contributed by atoms with Crippen molar-refractivity contribution >= 4 is 22.4 Å². The van der Waals surface area contributed by atoms with Gasteiger partial charge < -0.3 is 13.6 Å². The molecular weight excluding hydrogens is 372 g/mol. The first kappa shape index (κ1) is 25.0. The predicted molar refractivity (Wildman–Crippen MR) is 118 cm³/mol. The number of Topliss-reactive ketones (excluding diaryl/α,β-unsaturated/α-hetero) is 1. The lowest BCUT2D eigenvalue weighted by Gasteiger charge is -2.40. The molecule has 1 rings (SSSR count). The Morgan fingerprint density at radius 3 is 1.67 bits per heavy atom. The fourth-order valence-electron chi connectivity index (χ4n) is 2.63. The molecular formula is C21H44O4Si2. The van der Waals surface area contributed by atoms with E-state index in [-0.39, 0.29) is 21.5 Å². The minimum absolute atomic E-state index is 0.0609. The second-order valence-electron chi connectivity index (χ2n) is 11.8. The lowest BCUT2D eigenvalue weighted by atomic mass is 9.90. The number of hydrogen-bond acceptors (Lipinski definition) is 4. The van der Waals surface area contributed by atoms with Gasteiger partial charge in [0.05, 0.1) is 12.2 Å². The SMILES string of the molecule is CC(=O)[C@H](C[C@]1(CO[Si](C)(C)C(C)(C)C)OC1(C)C)O[Si](C)(C)C(C)(C)C. The summed E-state index contributed by atoms with van der Waals surface area (Å²) >= 11 is 0. The summed E-state index contributed by atoms with van der Waals surface area (Å²) in [6, 6.07) is 0. The average Bonchev–Trinajstić information content (AvgIpc) is 2.94. The summed E-state index contributed by atoms with van der Waals surface area (Å²) in [5.41, 5.74) is -0.735. The number of epoxide rings is 1. The van der Waals surface area contributed by atoms with E-state index in [4.69, 9.17) is 13.6 Å². The van der Waals surface area contributed by atoms with Gasteiger partial charge in [0.2, 0.25) is 0 Å². The largest absolute Gasteiger partial charge is 0.414 e. The molecule has 6 heteroatoms. The molecule has 0 saturated carbocycles. The van der Waals surface area contributed by atoms with E-state index < -0.39 is 28.3 Å². The van der Waals surface area contributed by atoms with Crippen molar-refractivity contribution in [2.24, 2.45) is 0 Å². The van der Waals surface area contributed by atoms with Crippen LogP contribution in [0.1, 0.15) is 68.7 Å². The summed E-state index contributed by atoms with van der Waals surface area (Å²) < 4.78 is 19.2. The summed E-state index contributed by atoms with van der Waals surface area (Å²) in [4.78, 5) is 12.4. The molecule has 4 nitrogen and oxygen atoms in total. The molecule has 1 fully saturated rings. The number of hydrogen-bond donors (Lipinski definition) is 0. The second-order valence-corrected chi connectivity index (χ2v) is 21.4. The molecule has 0 radical (unpaired) electrons. The highest BCUT2D eigenvalue weighted by molar-refractivity contribution is 6.74. The fourth-order valence-corrected chi connectivity index (χ4v) is 4.97. The van der Waals surface area contributed by atoms with Gasteiger partial charge in [0.15, 0.2) is 22.4 Å². The monoisotopic (exact) mass is 416 g/mol. The molecule has 1 aliphatic heterocycles. The van der Waals surface area contributed by atoms with Crippen LogP contribution in [0.25, 0.3) is 0 Å². The minimum Gasteiger partial charge on any atom is -0.414 e. The van der Waals surface area contributed by atoms with Crippen LogP contribution < -0.4 is 0 Å². The number of carbonyl (C=O) groups excluding carboxylic acids is 1. The summed E-state index contributed by atoms with van der Waals surface area (Å²) in [5, 5.41) is 0.205. The van der Waals surface area contributed by atoms with Crippen molar-refractivity contribution in [1.82, 2.24) is 0 Å². The Kier molecular flexibility index (Phi) is 6.81. The highest BCUT2D eigenvalue weighted by atomic mass is 28.4. The van der Waals surface area contributed by atoms with E-state index in [1.807, 2.05) is 0 Å². The van der Waals surface area contributed by atoms with Crippen molar-refractivity contribution in [1.29, 1.82) is 0 Å². The Morgan fingerprint density at radius 2 is 1.37 bits per heavy atom. The molecule has 2 atom stereocenters. The highest BCUT2D eigenvalue weighted by Crippen LogP contribution is 2.53. The van der Waals surface area contributed by atoms with Crippen molar-refractivity contribution in [3.05, 3.63) is 0 Å². The fraction of sp³-hybridized carbons (Fsp3) is 0.952. The van der Waals surface area contributed by atoms with Crippen LogP contribution in [-0.4, -0.2) is 46.3 Å². The standard InChI is InChI=1S/C21H44O4Si2/c1-16(22)17(24-27(12,13)19(5,6)7)14-21(20(8,9)25-21)15-23-26(10,11)18(2,3)4/h17H,14-15H2,1-13H3/t17-,21+/m0/s1. The molecule has 0 aliphatic carbocycles. The van der Waals surface area contributed by atoms with Gasteiger partial charge in [-0.05, 0) is 57.0 Å². The van der Waals surface area contributed by atoms with Crippen molar-refractivity contribution in [3.63, 3.8) is 0 Å². The Balaban J connectivity index is 2.99. The zero-order valence-electron chi connectivity index (χ0n) is 20.1. The second kappa shape index (κ2) is 7.35. The summed E-state index contributed by atoms with van der Waals surface area (Å²) in [6.45, 7) is 28.6. The van der Waals surface area contributed by atoms with Crippen molar-refractivity contribution in [2.45, 2.75) is 122 Å². The first-order valence-electron chi connectivity index (χ1n) is 10.2. The Labute approximate surface area is 170 Å². The average molecular weight is 417 g/mol. The maximum Gasteiger partial charge on any atom is 0.193 e. The molecule has 0 aromatic rings. The lowest BCUT2D eigenvalue weighted by Crippen LogP contribution is -2.49. The molecule has 0 bridgehead atoms. The molecule has 0 aromatic heterocycles. The molecule has 0 unspecified atom stereocenters. The quantitative estimate of drug-likeness (QED) is 0.364. The van der Waals surface area contributed by atoms with Gasteiger partial charge in [-0.2, -0.15) is 0 Å². The van der Waals surface area contributed by atoms with Gasteiger partial charge in [0, 0.05) is 6.42 Å². The molecule has 1 saturated heterocycles. The van der Waals surface area contributed by atoms with Crippen LogP contribution in [0.5, 0.6) is 0 Å². The Hall–Kier alpha value is -0.0162. The molecule has 0 amide bonds. The summed E-state index contributed by atoms with van der Waals surface area (Å²) in [5.74, 6) is 0.0813. The van der Waals surface area contributed by atoms with Gasteiger partial charge >= 0.3 is 0 Å². The normalized spacial score (nSPS) is 24.6. The van der Waals surface area contributed by atoms with Gasteiger partial charge in [-0.3, -0.25) is 4.79 Å². The van der Waals surface area contributed by atoms with Crippen LogP contribution in [0.4, 0.5) is 0 Å². The Morgan fingerprint density at radius 1 is 0.963 bits per heavy atom. The minimum atomic E-state index is -2.05. The van der Waals surface area contributed by atoms with Gasteiger partial charge in [-0.25, -0.2) is 0 Å². The lowest BCUT2D eigenvalue weighted by molar-refractivity contribution is -0.125. The zero-order valence-corrected chi connectivity index (χ0v) is 22.1. The third-order valence-electron chi connectivity index (χ3n) is 7.19. The Bertz CT molecular complexity index is 556. The number of carbonyl (C=O) groups is 1. The first-order valence-corrected chi connectivity index (χ1v) is 16.0. The smallest absolute Gasteiger partial charge is 0.193 e. The van der Waals surface area contributed by atoms with E-state index in [2.05, 4.69) is 81.6 Å². The predicted octanol–water partition coefficient (Wildman–Crippen LogP) is 5.93. The number of rotatable bonds is 8. The van der Waals surface area contributed by atoms with Gasteiger partial charge in [0.1, 0.15) is 11.7 Å². The van der Waals surface area contributed by atoms with Crippen LogP contribution in [0, 0.1) is 0 Å². The van der Waals surface area contributed by atoms with Gasteiger partial charge in [-0.1, -0.05) is 41.5 Å². The molecule has 160 valence electrons. The van der Waals surface area contributed by atoms with Crippen LogP contribution in [0.15, 0.2) is 0 Å². The maximum atomic E-state index is 12.4. The zero-order chi connectivity index (χ0) is 21.7. The third-order valence-corrected chi connectivity index (χ3v) is 16.2. The van der Waals surface area contributed by atoms with E-state index in [0.29, 0.717) is 13.0 Å². The molecule has 0 N–H and O–H groups in total. The maximum absolute atomic E-state index is 12.4. The topological polar surface area (TPSA) is 48.1 Å². The summed E-state index contributed by atoms with van der Waals surface area (Å²) in [7, 11) is -3.94. The molecule has 0 spiro atoms. The third kappa shape index (κ3) is 5.53.